The number of para-hydroxylation sites is 1. The molecule has 2 fully saturated rings. The van der Waals surface area contributed by atoms with Crippen molar-refractivity contribution < 1.29 is 9.21 Å². The number of rotatable bonds is 9. The van der Waals surface area contributed by atoms with Gasteiger partial charge in [-0.15, -0.1) is 0 Å². The molecule has 1 saturated carbocycles. The summed E-state index contributed by atoms with van der Waals surface area (Å²) in [6.45, 7) is 9.69. The Hall–Kier alpha value is -1.50. The summed E-state index contributed by atoms with van der Waals surface area (Å²) in [6, 6.07) is 8.07. The van der Waals surface area contributed by atoms with Gasteiger partial charge < -0.3 is 19.5 Å². The summed E-state index contributed by atoms with van der Waals surface area (Å²) in [4.78, 5) is 18.0. The van der Waals surface area contributed by atoms with Crippen LogP contribution >= 0.6 is 11.8 Å². The Bertz CT molecular complexity index is 838. The lowest BCUT2D eigenvalue weighted by atomic mass is 10.0. The summed E-state index contributed by atoms with van der Waals surface area (Å²) in [5, 5.41) is 4.92. The van der Waals surface area contributed by atoms with E-state index in [2.05, 4.69) is 28.1 Å². The minimum atomic E-state index is -0.0637. The fourth-order valence-electron chi connectivity index (χ4n) is 4.77. The molecule has 0 spiro atoms. The maximum Gasteiger partial charge on any atom is 0.287 e. The molecule has 1 amide bonds. The Kier molecular flexibility index (Phi) is 8.34. The van der Waals surface area contributed by atoms with Gasteiger partial charge in [0.05, 0.1) is 0 Å². The van der Waals surface area contributed by atoms with Crippen LogP contribution < -0.4 is 5.32 Å². The number of furan rings is 1. The quantitative estimate of drug-likeness (QED) is 0.567. The van der Waals surface area contributed by atoms with Gasteiger partial charge in [-0.3, -0.25) is 4.79 Å². The Balaban J connectivity index is 1.31. The highest BCUT2D eigenvalue weighted by atomic mass is 32.2. The summed E-state index contributed by atoms with van der Waals surface area (Å²) >= 11 is 2.00. The molecule has 1 N–H and O–H groups in total. The number of thioether (sulfide) groups is 1. The van der Waals surface area contributed by atoms with Gasteiger partial charge in [0.15, 0.2) is 5.76 Å². The fourth-order valence-corrected chi connectivity index (χ4v) is 6.13. The van der Waals surface area contributed by atoms with Crippen molar-refractivity contribution in [2.24, 2.45) is 0 Å². The van der Waals surface area contributed by atoms with E-state index in [4.69, 9.17) is 4.42 Å². The van der Waals surface area contributed by atoms with Crippen molar-refractivity contribution in [1.82, 2.24) is 15.1 Å². The standard InChI is InChI=1S/C25H37N3O2S/c1-2-27-15-17-28(18-16-27)14-8-13-26-25(29)24-22(19-31-20-9-4-3-5-10-20)21-11-6-7-12-23(21)30-24/h6-7,11-12,20H,2-5,8-10,13-19H2,1H3,(H,26,29). The Morgan fingerprint density at radius 3 is 2.61 bits per heavy atom. The van der Waals surface area contributed by atoms with Gasteiger partial charge in [0, 0.05) is 54.7 Å². The third-order valence-electron chi connectivity index (χ3n) is 6.77. The highest BCUT2D eigenvalue weighted by Crippen LogP contribution is 2.35. The van der Waals surface area contributed by atoms with E-state index in [-0.39, 0.29) is 5.91 Å². The third kappa shape index (κ3) is 6.05. The van der Waals surface area contributed by atoms with Crippen LogP contribution in [0.1, 0.15) is 61.6 Å². The average molecular weight is 444 g/mol. The van der Waals surface area contributed by atoms with Crippen LogP contribution in [0.5, 0.6) is 0 Å². The lowest BCUT2D eigenvalue weighted by Crippen LogP contribution is -2.46. The molecule has 31 heavy (non-hydrogen) atoms. The zero-order valence-corrected chi connectivity index (χ0v) is 19.7. The molecular formula is C25H37N3O2S. The van der Waals surface area contributed by atoms with Crippen LogP contribution in [0.2, 0.25) is 0 Å². The molecule has 2 heterocycles. The van der Waals surface area contributed by atoms with Crippen LogP contribution in [0.3, 0.4) is 0 Å². The van der Waals surface area contributed by atoms with E-state index in [1.807, 2.05) is 30.0 Å². The van der Waals surface area contributed by atoms with Crippen molar-refractivity contribution in [3.63, 3.8) is 0 Å². The number of carbonyl (C=O) groups is 1. The highest BCUT2D eigenvalue weighted by Gasteiger charge is 2.22. The topological polar surface area (TPSA) is 48.7 Å². The lowest BCUT2D eigenvalue weighted by Gasteiger charge is -2.33. The van der Waals surface area contributed by atoms with Gasteiger partial charge in [0.2, 0.25) is 0 Å². The van der Waals surface area contributed by atoms with E-state index in [0.717, 1.165) is 68.0 Å². The number of likely N-dealkylation sites (N-methyl/N-ethyl adjacent to an activating group) is 1. The van der Waals surface area contributed by atoms with Gasteiger partial charge in [-0.1, -0.05) is 44.4 Å². The molecule has 1 aromatic heterocycles. The Morgan fingerprint density at radius 1 is 1.10 bits per heavy atom. The first-order valence-electron chi connectivity index (χ1n) is 12.1. The van der Waals surface area contributed by atoms with Crippen LogP contribution in [-0.4, -0.2) is 66.8 Å². The number of hydrogen-bond acceptors (Lipinski definition) is 5. The van der Waals surface area contributed by atoms with E-state index >= 15 is 0 Å². The first-order chi connectivity index (χ1) is 15.2. The van der Waals surface area contributed by atoms with E-state index in [1.54, 1.807) is 0 Å². The largest absolute Gasteiger partial charge is 0.451 e. The molecule has 2 aromatic rings. The summed E-state index contributed by atoms with van der Waals surface area (Å²) in [6.07, 6.45) is 7.62. The number of fused-ring (bicyclic) bond motifs is 1. The van der Waals surface area contributed by atoms with E-state index in [1.165, 1.54) is 32.1 Å². The summed E-state index contributed by atoms with van der Waals surface area (Å²) < 4.78 is 6.03. The predicted molar refractivity (Wildman–Crippen MR) is 130 cm³/mol. The van der Waals surface area contributed by atoms with Gasteiger partial charge in [-0.05, 0) is 38.4 Å². The highest BCUT2D eigenvalue weighted by molar-refractivity contribution is 7.99. The monoisotopic (exact) mass is 443 g/mol. The average Bonchev–Trinajstić information content (AvgIpc) is 3.20. The van der Waals surface area contributed by atoms with Gasteiger partial charge in [0.25, 0.3) is 5.91 Å². The molecule has 0 atom stereocenters. The molecule has 1 aliphatic heterocycles. The predicted octanol–water partition coefficient (Wildman–Crippen LogP) is 4.76. The zero-order valence-electron chi connectivity index (χ0n) is 18.9. The molecular weight excluding hydrogens is 406 g/mol. The molecule has 0 bridgehead atoms. The number of benzene rings is 1. The Labute approximate surface area is 190 Å². The molecule has 5 nitrogen and oxygen atoms in total. The second-order valence-corrected chi connectivity index (χ2v) is 10.2. The normalized spacial score (nSPS) is 19.1. The molecule has 1 aromatic carbocycles. The van der Waals surface area contributed by atoms with Gasteiger partial charge in [0.1, 0.15) is 5.58 Å². The van der Waals surface area contributed by atoms with Crippen LogP contribution in [0.4, 0.5) is 0 Å². The first-order valence-corrected chi connectivity index (χ1v) is 13.1. The summed E-state index contributed by atoms with van der Waals surface area (Å²) in [5.41, 5.74) is 1.89. The summed E-state index contributed by atoms with van der Waals surface area (Å²) in [5.74, 6) is 1.30. The van der Waals surface area contributed by atoms with Crippen LogP contribution in [0, 0.1) is 0 Å². The van der Waals surface area contributed by atoms with Crippen LogP contribution in [0.15, 0.2) is 28.7 Å². The van der Waals surface area contributed by atoms with Crippen molar-refractivity contribution in [2.45, 2.75) is 56.5 Å². The molecule has 0 radical (unpaired) electrons. The number of hydrogen-bond donors (Lipinski definition) is 1. The molecule has 170 valence electrons. The minimum absolute atomic E-state index is 0.0637. The maximum atomic E-state index is 13.0. The molecule has 0 unspecified atom stereocenters. The van der Waals surface area contributed by atoms with Gasteiger partial charge in [-0.25, -0.2) is 0 Å². The molecule has 6 heteroatoms. The van der Waals surface area contributed by atoms with Crippen LogP contribution in [0.25, 0.3) is 11.0 Å². The number of piperazine rings is 1. The number of nitrogens with zero attached hydrogens (tertiary/aromatic N) is 2. The second-order valence-electron chi connectivity index (χ2n) is 8.86. The van der Waals surface area contributed by atoms with Gasteiger partial charge >= 0.3 is 0 Å². The number of carbonyl (C=O) groups excluding carboxylic acids is 1. The number of amides is 1. The fraction of sp³-hybridized carbons (Fsp3) is 0.640. The lowest BCUT2D eigenvalue weighted by molar-refractivity contribution is 0.0922. The van der Waals surface area contributed by atoms with E-state index in [0.29, 0.717) is 17.6 Å². The second kappa shape index (κ2) is 11.4. The van der Waals surface area contributed by atoms with Crippen molar-refractivity contribution in [3.05, 3.63) is 35.6 Å². The first kappa shape index (κ1) is 22.7. The minimum Gasteiger partial charge on any atom is -0.451 e. The SMILES string of the molecule is CCN1CCN(CCCNC(=O)c2oc3ccccc3c2CSC2CCCCC2)CC1. The van der Waals surface area contributed by atoms with E-state index in [9.17, 15) is 4.79 Å². The van der Waals surface area contributed by atoms with Crippen molar-refractivity contribution in [2.75, 3.05) is 45.8 Å². The zero-order chi connectivity index (χ0) is 21.5. The number of nitrogens with one attached hydrogen (secondary N) is 1. The van der Waals surface area contributed by atoms with Crippen molar-refractivity contribution >= 4 is 28.6 Å². The molecule has 1 saturated heterocycles. The van der Waals surface area contributed by atoms with Gasteiger partial charge in [-0.2, -0.15) is 11.8 Å². The van der Waals surface area contributed by atoms with Crippen molar-refractivity contribution in [1.29, 1.82) is 0 Å². The van der Waals surface area contributed by atoms with Crippen molar-refractivity contribution in [3.8, 4) is 0 Å². The Morgan fingerprint density at radius 2 is 1.84 bits per heavy atom. The molecule has 2 aliphatic rings. The van der Waals surface area contributed by atoms with Crippen LogP contribution in [-0.2, 0) is 5.75 Å². The maximum absolute atomic E-state index is 13.0. The smallest absolute Gasteiger partial charge is 0.287 e. The van der Waals surface area contributed by atoms with E-state index < -0.39 is 0 Å². The summed E-state index contributed by atoms with van der Waals surface area (Å²) in [7, 11) is 0. The third-order valence-corrected chi connectivity index (χ3v) is 8.17. The molecule has 4 rings (SSSR count). The molecule has 1 aliphatic carbocycles.